The number of sulfonamides is 1. The average molecular weight is 431 g/mol. The molecule has 26 heavy (non-hydrogen) atoms. The van der Waals surface area contributed by atoms with Crippen molar-refractivity contribution in [1.29, 1.82) is 0 Å². The fourth-order valence-electron chi connectivity index (χ4n) is 2.27. The van der Waals surface area contributed by atoms with Gasteiger partial charge in [0, 0.05) is 21.4 Å². The minimum absolute atomic E-state index is 0.157. The van der Waals surface area contributed by atoms with E-state index in [1.165, 1.54) is 18.2 Å². The molecule has 0 unspecified atom stereocenters. The number of amides is 1. The molecule has 0 saturated heterocycles. The van der Waals surface area contributed by atoms with Gasteiger partial charge in [-0.3, -0.25) is 9.52 Å². The molecule has 0 aromatic heterocycles. The molecule has 1 amide bonds. The van der Waals surface area contributed by atoms with Crippen molar-refractivity contribution < 1.29 is 13.2 Å². The molecule has 0 radical (unpaired) electrons. The van der Waals surface area contributed by atoms with Gasteiger partial charge in [-0.05, 0) is 54.6 Å². The van der Waals surface area contributed by atoms with E-state index in [1.54, 1.807) is 48.5 Å². The van der Waals surface area contributed by atoms with Crippen molar-refractivity contribution in [3.05, 3.63) is 88.9 Å². The van der Waals surface area contributed by atoms with E-state index in [0.29, 0.717) is 16.9 Å². The molecule has 0 heterocycles. The molecule has 3 aromatic carbocycles. The Morgan fingerprint density at radius 1 is 0.808 bits per heavy atom. The molecule has 2 N–H and O–H groups in total. The monoisotopic (exact) mass is 430 g/mol. The highest BCUT2D eigenvalue weighted by molar-refractivity contribution is 9.10. The van der Waals surface area contributed by atoms with Crippen LogP contribution in [0.3, 0.4) is 0 Å². The van der Waals surface area contributed by atoms with Crippen molar-refractivity contribution in [2.75, 3.05) is 10.0 Å². The Morgan fingerprint density at radius 3 is 2.19 bits per heavy atom. The molecule has 0 bridgehead atoms. The molecule has 0 aliphatic carbocycles. The van der Waals surface area contributed by atoms with Gasteiger partial charge in [0.2, 0.25) is 0 Å². The van der Waals surface area contributed by atoms with Gasteiger partial charge in [-0.1, -0.05) is 40.2 Å². The van der Waals surface area contributed by atoms with Crippen LogP contribution in [0.2, 0.25) is 0 Å². The molecule has 3 rings (SSSR count). The Balaban J connectivity index is 1.77. The van der Waals surface area contributed by atoms with Gasteiger partial charge in [0.1, 0.15) is 0 Å². The van der Waals surface area contributed by atoms with Crippen LogP contribution in [0.25, 0.3) is 0 Å². The van der Waals surface area contributed by atoms with E-state index in [4.69, 9.17) is 0 Å². The van der Waals surface area contributed by atoms with Gasteiger partial charge < -0.3 is 5.32 Å². The fraction of sp³-hybridized carbons (Fsp3) is 0. The molecule has 0 saturated carbocycles. The number of hydrogen-bond donors (Lipinski definition) is 2. The van der Waals surface area contributed by atoms with Crippen molar-refractivity contribution in [3.63, 3.8) is 0 Å². The van der Waals surface area contributed by atoms with Crippen molar-refractivity contribution in [2.24, 2.45) is 0 Å². The van der Waals surface area contributed by atoms with Crippen LogP contribution in [0.1, 0.15) is 10.4 Å². The number of carbonyl (C=O) groups excluding carboxylic acids is 1. The SMILES string of the molecule is O=C(Nc1ccc(Br)cc1)c1cccc(NS(=O)(=O)c2ccccc2)c1. The van der Waals surface area contributed by atoms with Crippen molar-refractivity contribution in [1.82, 2.24) is 0 Å². The van der Waals surface area contributed by atoms with E-state index in [2.05, 4.69) is 26.0 Å². The molecular weight excluding hydrogens is 416 g/mol. The number of rotatable bonds is 5. The molecular formula is C19H15BrN2O3S. The Kier molecular flexibility index (Phi) is 5.39. The highest BCUT2D eigenvalue weighted by Gasteiger charge is 2.14. The second-order valence-corrected chi connectivity index (χ2v) is 8.06. The maximum absolute atomic E-state index is 12.4. The first-order valence-electron chi connectivity index (χ1n) is 7.69. The summed E-state index contributed by atoms with van der Waals surface area (Å²) < 4.78 is 28.2. The summed E-state index contributed by atoms with van der Waals surface area (Å²) in [5.74, 6) is -0.326. The Hall–Kier alpha value is -2.64. The Bertz CT molecular complexity index is 1020. The summed E-state index contributed by atoms with van der Waals surface area (Å²) in [5.41, 5.74) is 1.31. The van der Waals surface area contributed by atoms with Crippen LogP contribution >= 0.6 is 15.9 Å². The summed E-state index contributed by atoms with van der Waals surface area (Å²) in [5, 5.41) is 2.77. The predicted octanol–water partition coefficient (Wildman–Crippen LogP) is 4.50. The van der Waals surface area contributed by atoms with Gasteiger partial charge >= 0.3 is 0 Å². The van der Waals surface area contributed by atoms with Crippen LogP contribution in [-0.2, 0) is 10.0 Å². The topological polar surface area (TPSA) is 75.3 Å². The van der Waals surface area contributed by atoms with Crippen LogP contribution in [-0.4, -0.2) is 14.3 Å². The third-order valence-electron chi connectivity index (χ3n) is 3.53. The normalized spacial score (nSPS) is 11.0. The van der Waals surface area contributed by atoms with E-state index in [0.717, 1.165) is 4.47 Å². The van der Waals surface area contributed by atoms with Crippen molar-refractivity contribution in [3.8, 4) is 0 Å². The fourth-order valence-corrected chi connectivity index (χ4v) is 3.61. The number of benzene rings is 3. The lowest BCUT2D eigenvalue weighted by molar-refractivity contribution is 0.102. The first kappa shape index (κ1) is 18.2. The van der Waals surface area contributed by atoms with E-state index in [1.807, 2.05) is 12.1 Å². The number of hydrogen-bond acceptors (Lipinski definition) is 3. The van der Waals surface area contributed by atoms with Crippen LogP contribution in [0.4, 0.5) is 11.4 Å². The van der Waals surface area contributed by atoms with Gasteiger partial charge in [0.05, 0.1) is 4.90 Å². The van der Waals surface area contributed by atoms with Crippen LogP contribution in [0.15, 0.2) is 88.2 Å². The van der Waals surface area contributed by atoms with Gasteiger partial charge in [-0.2, -0.15) is 0 Å². The largest absolute Gasteiger partial charge is 0.322 e. The molecule has 0 fully saturated rings. The quantitative estimate of drug-likeness (QED) is 0.625. The van der Waals surface area contributed by atoms with Crippen LogP contribution < -0.4 is 10.0 Å². The molecule has 5 nitrogen and oxygen atoms in total. The van der Waals surface area contributed by atoms with Crippen LogP contribution in [0.5, 0.6) is 0 Å². The molecule has 0 atom stereocenters. The van der Waals surface area contributed by atoms with Crippen LogP contribution in [0, 0.1) is 0 Å². The molecule has 3 aromatic rings. The van der Waals surface area contributed by atoms with E-state index < -0.39 is 10.0 Å². The van der Waals surface area contributed by atoms with Crippen molar-refractivity contribution in [2.45, 2.75) is 4.90 Å². The number of nitrogens with one attached hydrogen (secondary N) is 2. The Morgan fingerprint density at radius 2 is 1.50 bits per heavy atom. The molecule has 132 valence electrons. The standard InChI is InChI=1S/C19H15BrN2O3S/c20-15-9-11-16(12-10-15)21-19(23)14-5-4-6-17(13-14)22-26(24,25)18-7-2-1-3-8-18/h1-13,22H,(H,21,23). The highest BCUT2D eigenvalue weighted by atomic mass is 79.9. The number of halogens is 1. The Labute approximate surface area is 160 Å². The second-order valence-electron chi connectivity index (χ2n) is 5.46. The lowest BCUT2D eigenvalue weighted by Crippen LogP contribution is -2.15. The second kappa shape index (κ2) is 7.72. The van der Waals surface area contributed by atoms with E-state index in [9.17, 15) is 13.2 Å². The highest BCUT2D eigenvalue weighted by Crippen LogP contribution is 2.19. The summed E-state index contributed by atoms with van der Waals surface area (Å²) in [6.45, 7) is 0. The zero-order valence-corrected chi connectivity index (χ0v) is 15.9. The molecule has 0 spiro atoms. The minimum atomic E-state index is -3.71. The van der Waals surface area contributed by atoms with E-state index in [-0.39, 0.29) is 10.8 Å². The smallest absolute Gasteiger partial charge is 0.261 e. The summed E-state index contributed by atoms with van der Waals surface area (Å²) in [6, 6.07) is 21.6. The average Bonchev–Trinajstić information content (AvgIpc) is 2.64. The summed E-state index contributed by atoms with van der Waals surface area (Å²) in [4.78, 5) is 12.5. The summed E-state index contributed by atoms with van der Waals surface area (Å²) >= 11 is 3.34. The zero-order valence-electron chi connectivity index (χ0n) is 13.5. The third-order valence-corrected chi connectivity index (χ3v) is 5.46. The number of carbonyl (C=O) groups is 1. The molecule has 0 aliphatic heterocycles. The maximum Gasteiger partial charge on any atom is 0.261 e. The number of anilines is 2. The van der Waals surface area contributed by atoms with Gasteiger partial charge in [-0.25, -0.2) is 8.42 Å². The predicted molar refractivity (Wildman–Crippen MR) is 106 cm³/mol. The van der Waals surface area contributed by atoms with E-state index >= 15 is 0 Å². The first-order chi connectivity index (χ1) is 12.4. The lowest BCUT2D eigenvalue weighted by atomic mass is 10.2. The zero-order chi connectivity index (χ0) is 18.6. The van der Waals surface area contributed by atoms with Gasteiger partial charge in [0.25, 0.3) is 15.9 Å². The van der Waals surface area contributed by atoms with Gasteiger partial charge in [0.15, 0.2) is 0 Å². The minimum Gasteiger partial charge on any atom is -0.322 e. The maximum atomic E-state index is 12.4. The molecule has 7 heteroatoms. The summed E-state index contributed by atoms with van der Waals surface area (Å²) in [6.07, 6.45) is 0. The van der Waals surface area contributed by atoms with Gasteiger partial charge in [-0.15, -0.1) is 0 Å². The lowest BCUT2D eigenvalue weighted by Gasteiger charge is -2.10. The summed E-state index contributed by atoms with van der Waals surface area (Å²) in [7, 11) is -3.71. The third kappa shape index (κ3) is 4.50. The molecule has 0 aliphatic rings. The first-order valence-corrected chi connectivity index (χ1v) is 9.96. The van der Waals surface area contributed by atoms with Crippen molar-refractivity contribution >= 4 is 43.2 Å².